The molecule has 1 atom stereocenters. The van der Waals surface area contributed by atoms with Crippen LogP contribution in [0.3, 0.4) is 0 Å². The molecule has 4 nitrogen and oxygen atoms in total. The number of halogens is 1. The first-order chi connectivity index (χ1) is 8.54. The van der Waals surface area contributed by atoms with E-state index in [9.17, 15) is 4.79 Å². The predicted molar refractivity (Wildman–Crippen MR) is 78.0 cm³/mol. The van der Waals surface area contributed by atoms with Gasteiger partial charge in [-0.05, 0) is 19.1 Å². The predicted octanol–water partition coefficient (Wildman–Crippen LogP) is 2.36. The number of anilines is 1. The van der Waals surface area contributed by atoms with E-state index in [0.29, 0.717) is 10.6 Å². The van der Waals surface area contributed by atoms with Crippen LogP contribution in [0.1, 0.15) is 16.6 Å². The maximum Gasteiger partial charge on any atom is 0.263 e. The zero-order valence-electron chi connectivity index (χ0n) is 9.74. The van der Waals surface area contributed by atoms with Gasteiger partial charge in [0.2, 0.25) is 0 Å². The number of benzene rings is 1. The zero-order valence-corrected chi connectivity index (χ0v) is 12.1. The van der Waals surface area contributed by atoms with Crippen molar-refractivity contribution in [3.63, 3.8) is 0 Å². The Morgan fingerprint density at radius 2 is 2.33 bits per heavy atom. The summed E-state index contributed by atoms with van der Waals surface area (Å²) in [5.74, 6) is -0.248. The highest BCUT2D eigenvalue weighted by atomic mass is 79.9. The van der Waals surface area contributed by atoms with Gasteiger partial charge >= 0.3 is 0 Å². The Morgan fingerprint density at radius 1 is 1.61 bits per heavy atom. The van der Waals surface area contributed by atoms with E-state index in [1.807, 2.05) is 18.2 Å². The maximum atomic E-state index is 12.0. The lowest BCUT2D eigenvalue weighted by molar-refractivity contribution is 0.0927. The largest absolute Gasteiger partial charge is 0.397 e. The van der Waals surface area contributed by atoms with Gasteiger partial charge in [0.15, 0.2) is 0 Å². The van der Waals surface area contributed by atoms with Gasteiger partial charge in [0.1, 0.15) is 4.88 Å². The Labute approximate surface area is 117 Å². The molecule has 96 valence electrons. The van der Waals surface area contributed by atoms with Gasteiger partial charge in [-0.2, -0.15) is 0 Å². The molecule has 0 bridgehead atoms. The fourth-order valence-electron chi connectivity index (χ4n) is 1.63. The fraction of sp³-hybridized carbons (Fsp3) is 0.250. The van der Waals surface area contributed by atoms with Crippen LogP contribution in [0.4, 0.5) is 5.69 Å². The van der Waals surface area contributed by atoms with Gasteiger partial charge < -0.3 is 16.2 Å². The summed E-state index contributed by atoms with van der Waals surface area (Å²) >= 11 is 4.78. The summed E-state index contributed by atoms with van der Waals surface area (Å²) in [7, 11) is 0. The number of hydrogen-bond acceptors (Lipinski definition) is 4. The van der Waals surface area contributed by atoms with E-state index in [4.69, 9.17) is 10.8 Å². The van der Waals surface area contributed by atoms with Gasteiger partial charge in [0.05, 0.1) is 12.3 Å². The number of rotatable bonds is 3. The van der Waals surface area contributed by atoms with Gasteiger partial charge in [-0.15, -0.1) is 11.3 Å². The molecule has 4 N–H and O–H groups in total. The first-order valence-corrected chi connectivity index (χ1v) is 7.03. The first kappa shape index (κ1) is 13.3. The summed E-state index contributed by atoms with van der Waals surface area (Å²) in [6, 6.07) is 5.43. The van der Waals surface area contributed by atoms with Crippen molar-refractivity contribution in [1.82, 2.24) is 5.32 Å². The Kier molecular flexibility index (Phi) is 3.89. The minimum Gasteiger partial charge on any atom is -0.397 e. The third-order valence-corrected chi connectivity index (χ3v) is 4.39. The molecule has 1 heterocycles. The minimum absolute atomic E-state index is 0.0970. The molecule has 0 aliphatic rings. The molecule has 0 aliphatic heterocycles. The first-order valence-electron chi connectivity index (χ1n) is 5.42. The smallest absolute Gasteiger partial charge is 0.263 e. The van der Waals surface area contributed by atoms with Crippen molar-refractivity contribution >= 4 is 48.9 Å². The van der Waals surface area contributed by atoms with Crippen LogP contribution in [-0.4, -0.2) is 23.7 Å². The number of thiophene rings is 1. The van der Waals surface area contributed by atoms with Gasteiger partial charge in [0.25, 0.3) is 5.91 Å². The summed E-state index contributed by atoms with van der Waals surface area (Å²) in [5.41, 5.74) is 6.49. The van der Waals surface area contributed by atoms with Crippen LogP contribution in [-0.2, 0) is 0 Å². The number of nitrogens with one attached hydrogen (secondary N) is 1. The molecule has 2 aromatic rings. The van der Waals surface area contributed by atoms with Crippen LogP contribution in [0.5, 0.6) is 0 Å². The Morgan fingerprint density at radius 3 is 2.94 bits per heavy atom. The van der Waals surface area contributed by atoms with E-state index in [1.165, 1.54) is 11.3 Å². The van der Waals surface area contributed by atoms with Gasteiger partial charge in [0, 0.05) is 20.6 Å². The SMILES string of the molecule is CC(CO)NC(=O)c1sc2cccc(Br)c2c1N. The van der Waals surface area contributed by atoms with Gasteiger partial charge in [-0.1, -0.05) is 22.0 Å². The summed E-state index contributed by atoms with van der Waals surface area (Å²) in [6.07, 6.45) is 0. The average Bonchev–Trinajstić information content (AvgIpc) is 2.68. The highest BCUT2D eigenvalue weighted by Crippen LogP contribution is 2.38. The van der Waals surface area contributed by atoms with E-state index in [0.717, 1.165) is 14.6 Å². The molecule has 1 amide bonds. The Balaban J connectivity index is 2.43. The van der Waals surface area contributed by atoms with Crippen molar-refractivity contribution in [3.8, 4) is 0 Å². The maximum absolute atomic E-state index is 12.0. The van der Waals surface area contributed by atoms with Crippen molar-refractivity contribution < 1.29 is 9.90 Å². The van der Waals surface area contributed by atoms with Crippen LogP contribution < -0.4 is 11.1 Å². The second kappa shape index (κ2) is 5.26. The summed E-state index contributed by atoms with van der Waals surface area (Å²) in [5, 5.41) is 12.5. The fourth-order valence-corrected chi connectivity index (χ4v) is 3.40. The molecular weight excluding hydrogens is 316 g/mol. The number of aliphatic hydroxyl groups excluding tert-OH is 1. The number of nitrogens with two attached hydrogens (primary N) is 1. The van der Waals surface area contributed by atoms with Crippen LogP contribution in [0.15, 0.2) is 22.7 Å². The molecule has 1 aromatic heterocycles. The van der Waals surface area contributed by atoms with Crippen molar-refractivity contribution in [2.45, 2.75) is 13.0 Å². The van der Waals surface area contributed by atoms with E-state index in [1.54, 1.807) is 6.92 Å². The lowest BCUT2D eigenvalue weighted by Crippen LogP contribution is -2.34. The number of carbonyl (C=O) groups is 1. The van der Waals surface area contributed by atoms with E-state index in [-0.39, 0.29) is 18.6 Å². The highest BCUT2D eigenvalue weighted by Gasteiger charge is 2.18. The minimum atomic E-state index is -0.287. The van der Waals surface area contributed by atoms with Crippen molar-refractivity contribution in [3.05, 3.63) is 27.5 Å². The van der Waals surface area contributed by atoms with Crippen LogP contribution in [0.25, 0.3) is 10.1 Å². The lowest BCUT2D eigenvalue weighted by Gasteiger charge is -2.09. The number of fused-ring (bicyclic) bond motifs is 1. The van der Waals surface area contributed by atoms with Crippen molar-refractivity contribution in [2.75, 3.05) is 12.3 Å². The number of hydrogen-bond donors (Lipinski definition) is 3. The number of carbonyl (C=O) groups excluding carboxylic acids is 1. The van der Waals surface area contributed by atoms with E-state index >= 15 is 0 Å². The molecule has 6 heteroatoms. The van der Waals surface area contributed by atoms with Crippen molar-refractivity contribution in [2.24, 2.45) is 0 Å². The number of aliphatic hydroxyl groups is 1. The molecule has 0 saturated heterocycles. The Hall–Kier alpha value is -1.11. The van der Waals surface area contributed by atoms with Crippen LogP contribution >= 0.6 is 27.3 Å². The van der Waals surface area contributed by atoms with Crippen LogP contribution in [0, 0.1) is 0 Å². The second-order valence-corrected chi connectivity index (χ2v) is 5.92. The zero-order chi connectivity index (χ0) is 13.3. The van der Waals surface area contributed by atoms with E-state index in [2.05, 4.69) is 21.2 Å². The molecule has 1 unspecified atom stereocenters. The molecule has 18 heavy (non-hydrogen) atoms. The van der Waals surface area contributed by atoms with E-state index < -0.39 is 0 Å². The molecule has 0 spiro atoms. The van der Waals surface area contributed by atoms with Gasteiger partial charge in [-0.3, -0.25) is 4.79 Å². The van der Waals surface area contributed by atoms with Gasteiger partial charge in [-0.25, -0.2) is 0 Å². The molecule has 0 fully saturated rings. The quantitative estimate of drug-likeness (QED) is 0.809. The second-order valence-electron chi connectivity index (χ2n) is 4.01. The standard InChI is InChI=1S/C12H13BrN2O2S/c1-6(5-16)15-12(17)11-10(14)9-7(13)3-2-4-8(9)18-11/h2-4,6,16H,5,14H2,1H3,(H,15,17). The number of amides is 1. The summed E-state index contributed by atoms with van der Waals surface area (Å²) < 4.78 is 1.84. The molecular formula is C12H13BrN2O2S. The Bertz CT molecular complexity index is 597. The summed E-state index contributed by atoms with van der Waals surface area (Å²) in [4.78, 5) is 12.5. The molecule has 0 saturated carbocycles. The molecule has 0 radical (unpaired) electrons. The van der Waals surface area contributed by atoms with Crippen molar-refractivity contribution in [1.29, 1.82) is 0 Å². The third kappa shape index (κ3) is 2.36. The highest BCUT2D eigenvalue weighted by molar-refractivity contribution is 9.10. The topological polar surface area (TPSA) is 75.3 Å². The van der Waals surface area contributed by atoms with Crippen LogP contribution in [0.2, 0.25) is 0 Å². The summed E-state index contributed by atoms with van der Waals surface area (Å²) in [6.45, 7) is 1.64. The third-order valence-electron chi connectivity index (χ3n) is 2.56. The lowest BCUT2D eigenvalue weighted by atomic mass is 10.2. The molecule has 1 aromatic carbocycles. The number of nitrogen functional groups attached to an aromatic ring is 1. The normalized spacial score (nSPS) is 12.6. The molecule has 0 aliphatic carbocycles. The average molecular weight is 329 g/mol. The monoisotopic (exact) mass is 328 g/mol. The molecule has 2 rings (SSSR count).